The molecule has 0 bridgehead atoms. The Bertz CT molecular complexity index is 657. The Balaban J connectivity index is 1.84. The molecular formula is C19H27N2+. The second-order valence-electron chi connectivity index (χ2n) is 7.33. The molecule has 2 aliphatic heterocycles. The van der Waals surface area contributed by atoms with Crippen molar-refractivity contribution in [1.29, 1.82) is 0 Å². The SMILES string of the molecule is CC[C@@H]1CC[C@@]2(C)c3[nH]c4ccccc4c3CCC[NH+]2C1. The Kier molecular flexibility index (Phi) is 3.11. The number of quaternary nitrogens is 1. The summed E-state index contributed by atoms with van der Waals surface area (Å²) in [5.41, 5.74) is 4.79. The van der Waals surface area contributed by atoms with E-state index in [4.69, 9.17) is 0 Å². The van der Waals surface area contributed by atoms with Crippen LogP contribution in [0.1, 0.15) is 50.8 Å². The van der Waals surface area contributed by atoms with Crippen LogP contribution in [0.2, 0.25) is 0 Å². The van der Waals surface area contributed by atoms with Crippen LogP contribution in [-0.4, -0.2) is 18.1 Å². The molecule has 0 aliphatic carbocycles. The van der Waals surface area contributed by atoms with Gasteiger partial charge in [0.2, 0.25) is 0 Å². The normalized spacial score (nSPS) is 32.5. The van der Waals surface area contributed by atoms with Crippen molar-refractivity contribution in [2.24, 2.45) is 5.92 Å². The molecule has 2 nitrogen and oxygen atoms in total. The Morgan fingerprint density at radius 3 is 3.05 bits per heavy atom. The standard InChI is InChI=1S/C19H26N2/c1-3-14-10-11-19(2)18-16(8-6-12-21(19)13-14)15-7-4-5-9-17(15)20-18/h4-5,7,9,14,20H,3,6,8,10-13H2,1-2H3/p+1/t14-,19+/m1/s1. The minimum absolute atomic E-state index is 0.302. The number of fused-ring (bicyclic) bond motifs is 5. The van der Waals surface area contributed by atoms with Gasteiger partial charge in [-0.2, -0.15) is 0 Å². The molecule has 4 rings (SSSR count). The molecule has 2 aliphatic rings. The Labute approximate surface area is 127 Å². The molecular weight excluding hydrogens is 256 g/mol. The van der Waals surface area contributed by atoms with Crippen molar-refractivity contribution in [2.45, 2.75) is 51.5 Å². The molecule has 0 radical (unpaired) electrons. The highest BCUT2D eigenvalue weighted by Crippen LogP contribution is 2.36. The zero-order valence-corrected chi connectivity index (χ0v) is 13.3. The monoisotopic (exact) mass is 283 g/mol. The third-order valence-electron chi connectivity index (χ3n) is 6.22. The number of hydrogen-bond donors (Lipinski definition) is 2. The molecule has 2 heteroatoms. The van der Waals surface area contributed by atoms with E-state index < -0.39 is 0 Å². The molecule has 3 heterocycles. The molecule has 21 heavy (non-hydrogen) atoms. The molecule has 0 spiro atoms. The molecule has 112 valence electrons. The van der Waals surface area contributed by atoms with Gasteiger partial charge in [0.15, 0.2) is 0 Å². The number of hydrogen-bond acceptors (Lipinski definition) is 0. The molecule has 2 aromatic rings. The molecule has 1 saturated heterocycles. The lowest BCUT2D eigenvalue weighted by molar-refractivity contribution is -0.968. The van der Waals surface area contributed by atoms with E-state index in [1.807, 2.05) is 4.90 Å². The maximum Gasteiger partial charge on any atom is 0.136 e. The zero-order chi connectivity index (χ0) is 14.4. The number of piperidine rings is 1. The van der Waals surface area contributed by atoms with E-state index in [9.17, 15) is 0 Å². The fraction of sp³-hybridized carbons (Fsp3) is 0.579. The van der Waals surface area contributed by atoms with Crippen LogP contribution in [0.15, 0.2) is 24.3 Å². The number of aromatic nitrogens is 1. The van der Waals surface area contributed by atoms with Gasteiger partial charge in [-0.15, -0.1) is 0 Å². The fourth-order valence-electron chi connectivity index (χ4n) is 4.78. The number of nitrogens with one attached hydrogen (secondary N) is 2. The number of benzene rings is 1. The van der Waals surface area contributed by atoms with Gasteiger partial charge in [-0.05, 0) is 37.8 Å². The number of aryl methyl sites for hydroxylation is 1. The summed E-state index contributed by atoms with van der Waals surface area (Å²) < 4.78 is 0. The Hall–Kier alpha value is -1.28. The average Bonchev–Trinajstić information content (AvgIpc) is 2.82. The van der Waals surface area contributed by atoms with Crippen LogP contribution in [-0.2, 0) is 12.0 Å². The van der Waals surface area contributed by atoms with Crippen LogP contribution in [0, 0.1) is 5.92 Å². The maximum absolute atomic E-state index is 3.81. The van der Waals surface area contributed by atoms with Gasteiger partial charge in [-0.25, -0.2) is 0 Å². The largest absolute Gasteiger partial charge is 0.353 e. The predicted molar refractivity (Wildman–Crippen MR) is 87.7 cm³/mol. The smallest absolute Gasteiger partial charge is 0.136 e. The molecule has 1 aromatic heterocycles. The summed E-state index contributed by atoms with van der Waals surface area (Å²) in [5, 5.41) is 1.47. The molecule has 1 unspecified atom stereocenters. The summed E-state index contributed by atoms with van der Waals surface area (Å²) in [6.07, 6.45) is 6.65. The molecule has 1 aromatic carbocycles. The van der Waals surface area contributed by atoms with Crippen LogP contribution in [0.3, 0.4) is 0 Å². The first kappa shape index (κ1) is 13.4. The molecule has 2 N–H and O–H groups in total. The van der Waals surface area contributed by atoms with Gasteiger partial charge in [0, 0.05) is 29.7 Å². The highest BCUT2D eigenvalue weighted by Gasteiger charge is 2.46. The lowest BCUT2D eigenvalue weighted by Gasteiger charge is -2.43. The van der Waals surface area contributed by atoms with Crippen molar-refractivity contribution in [1.82, 2.24) is 4.98 Å². The van der Waals surface area contributed by atoms with Crippen molar-refractivity contribution in [3.63, 3.8) is 0 Å². The summed E-state index contributed by atoms with van der Waals surface area (Å²) in [5.74, 6) is 0.930. The third kappa shape index (κ3) is 1.96. The Morgan fingerprint density at radius 2 is 2.19 bits per heavy atom. The minimum Gasteiger partial charge on any atom is -0.353 e. The Morgan fingerprint density at radius 1 is 1.33 bits per heavy atom. The van der Waals surface area contributed by atoms with Gasteiger partial charge in [-0.3, -0.25) is 0 Å². The average molecular weight is 283 g/mol. The van der Waals surface area contributed by atoms with Gasteiger partial charge in [-0.1, -0.05) is 25.1 Å². The number of para-hydroxylation sites is 1. The highest BCUT2D eigenvalue weighted by molar-refractivity contribution is 5.85. The van der Waals surface area contributed by atoms with Crippen LogP contribution >= 0.6 is 0 Å². The van der Waals surface area contributed by atoms with E-state index in [1.54, 1.807) is 11.3 Å². The van der Waals surface area contributed by atoms with E-state index in [-0.39, 0.29) is 0 Å². The first-order chi connectivity index (χ1) is 10.2. The lowest BCUT2D eigenvalue weighted by atomic mass is 9.79. The quantitative estimate of drug-likeness (QED) is 0.802. The summed E-state index contributed by atoms with van der Waals surface area (Å²) in [6.45, 7) is 7.57. The lowest BCUT2D eigenvalue weighted by Crippen LogP contribution is -3.19. The molecule has 0 amide bonds. The zero-order valence-electron chi connectivity index (χ0n) is 13.3. The predicted octanol–water partition coefficient (Wildman–Crippen LogP) is 3.03. The van der Waals surface area contributed by atoms with E-state index in [0.717, 1.165) is 5.92 Å². The van der Waals surface area contributed by atoms with Gasteiger partial charge < -0.3 is 9.88 Å². The summed E-state index contributed by atoms with van der Waals surface area (Å²) >= 11 is 0. The van der Waals surface area contributed by atoms with Gasteiger partial charge in [0.25, 0.3) is 0 Å². The van der Waals surface area contributed by atoms with Crippen molar-refractivity contribution >= 4 is 10.9 Å². The molecule has 0 saturated carbocycles. The number of rotatable bonds is 1. The molecule has 1 fully saturated rings. The van der Waals surface area contributed by atoms with E-state index in [1.165, 1.54) is 56.1 Å². The van der Waals surface area contributed by atoms with Crippen molar-refractivity contribution in [3.8, 4) is 0 Å². The summed E-state index contributed by atoms with van der Waals surface area (Å²) in [4.78, 5) is 5.63. The summed E-state index contributed by atoms with van der Waals surface area (Å²) in [6, 6.07) is 8.88. The van der Waals surface area contributed by atoms with Crippen LogP contribution in [0.25, 0.3) is 10.9 Å². The van der Waals surface area contributed by atoms with Gasteiger partial charge >= 0.3 is 0 Å². The van der Waals surface area contributed by atoms with Gasteiger partial charge in [0.1, 0.15) is 5.54 Å². The van der Waals surface area contributed by atoms with Crippen molar-refractivity contribution in [3.05, 3.63) is 35.5 Å². The van der Waals surface area contributed by atoms with E-state index in [0.29, 0.717) is 5.54 Å². The first-order valence-electron chi connectivity index (χ1n) is 8.67. The van der Waals surface area contributed by atoms with Crippen LogP contribution in [0.4, 0.5) is 0 Å². The summed E-state index contributed by atoms with van der Waals surface area (Å²) in [7, 11) is 0. The minimum atomic E-state index is 0.302. The van der Waals surface area contributed by atoms with Crippen molar-refractivity contribution in [2.75, 3.05) is 13.1 Å². The maximum atomic E-state index is 3.81. The molecule has 3 atom stereocenters. The van der Waals surface area contributed by atoms with Crippen LogP contribution < -0.4 is 4.90 Å². The second kappa shape index (κ2) is 4.88. The van der Waals surface area contributed by atoms with Gasteiger partial charge in [0.05, 0.1) is 18.8 Å². The topological polar surface area (TPSA) is 20.2 Å². The van der Waals surface area contributed by atoms with E-state index in [2.05, 4.69) is 43.1 Å². The number of H-pyrrole nitrogens is 1. The first-order valence-corrected chi connectivity index (χ1v) is 8.67. The third-order valence-corrected chi connectivity index (χ3v) is 6.22. The van der Waals surface area contributed by atoms with Crippen LogP contribution in [0.5, 0.6) is 0 Å². The second-order valence-corrected chi connectivity index (χ2v) is 7.33. The number of aromatic amines is 1. The fourth-order valence-corrected chi connectivity index (χ4v) is 4.78. The van der Waals surface area contributed by atoms with Crippen molar-refractivity contribution < 1.29 is 4.90 Å². The highest BCUT2D eigenvalue weighted by atomic mass is 15.2. The van der Waals surface area contributed by atoms with E-state index >= 15 is 0 Å².